The Hall–Kier alpha value is -3.02. The summed E-state index contributed by atoms with van der Waals surface area (Å²) < 4.78 is 6.24. The van der Waals surface area contributed by atoms with Crippen LogP contribution in [0.1, 0.15) is 18.1 Å². The molecule has 0 bridgehead atoms. The molecule has 0 spiro atoms. The van der Waals surface area contributed by atoms with Crippen LogP contribution in [0.5, 0.6) is 0 Å². The third-order valence-electron chi connectivity index (χ3n) is 4.22. The van der Waals surface area contributed by atoms with Crippen LogP contribution in [0.4, 0.5) is 0 Å². The van der Waals surface area contributed by atoms with E-state index in [0.717, 1.165) is 45.0 Å². The monoisotopic (exact) mass is 404 g/mol. The minimum Gasteiger partial charge on any atom is -0.302 e. The van der Waals surface area contributed by atoms with Crippen LogP contribution in [0.2, 0.25) is 0 Å². The van der Waals surface area contributed by atoms with Crippen LogP contribution in [0.15, 0.2) is 59.8 Å². The van der Waals surface area contributed by atoms with Crippen molar-refractivity contribution in [3.8, 4) is 28.0 Å². The minimum absolute atomic E-state index is 0.666. The van der Waals surface area contributed by atoms with E-state index < -0.39 is 0 Å². The summed E-state index contributed by atoms with van der Waals surface area (Å²) in [5.74, 6) is 1.55. The molecule has 0 amide bonds. The standard InChI is InChI=1S/C20H16N6S2/c1-2-26-19(18-17(22-25-28-18)16-6-4-3-5-7-16)23-24-20(26)27-13-15-10-8-14(12-21)9-11-15/h3-11H,2,13H2,1H3. The Balaban J connectivity index is 1.60. The Morgan fingerprint density at radius 1 is 1.04 bits per heavy atom. The molecule has 8 heteroatoms. The van der Waals surface area contributed by atoms with Crippen molar-refractivity contribution in [2.75, 3.05) is 0 Å². The van der Waals surface area contributed by atoms with Crippen molar-refractivity contribution in [2.24, 2.45) is 0 Å². The van der Waals surface area contributed by atoms with Gasteiger partial charge in [0.25, 0.3) is 0 Å². The molecule has 28 heavy (non-hydrogen) atoms. The van der Waals surface area contributed by atoms with E-state index in [9.17, 15) is 0 Å². The molecule has 0 unspecified atom stereocenters. The van der Waals surface area contributed by atoms with Gasteiger partial charge in [-0.05, 0) is 36.2 Å². The molecule has 0 saturated carbocycles. The second-order valence-electron chi connectivity index (χ2n) is 5.96. The first-order valence-corrected chi connectivity index (χ1v) is 10.5. The normalized spacial score (nSPS) is 10.7. The highest BCUT2D eigenvalue weighted by Crippen LogP contribution is 2.34. The zero-order valence-corrected chi connectivity index (χ0v) is 16.7. The number of benzene rings is 2. The maximum atomic E-state index is 8.92. The molecule has 138 valence electrons. The molecule has 0 aliphatic heterocycles. The van der Waals surface area contributed by atoms with E-state index in [2.05, 4.69) is 37.3 Å². The molecule has 2 aromatic carbocycles. The Morgan fingerprint density at radius 3 is 2.54 bits per heavy atom. The molecule has 0 aliphatic carbocycles. The molecule has 0 fully saturated rings. The van der Waals surface area contributed by atoms with E-state index in [0.29, 0.717) is 5.56 Å². The molecule has 0 atom stereocenters. The fourth-order valence-corrected chi connectivity index (χ4v) is 4.43. The molecule has 6 nitrogen and oxygen atoms in total. The smallest absolute Gasteiger partial charge is 0.191 e. The zero-order chi connectivity index (χ0) is 19.3. The number of nitrogens with zero attached hydrogens (tertiary/aromatic N) is 6. The van der Waals surface area contributed by atoms with Crippen molar-refractivity contribution < 1.29 is 0 Å². The minimum atomic E-state index is 0.666. The maximum Gasteiger partial charge on any atom is 0.191 e. The predicted octanol–water partition coefficient (Wildman–Crippen LogP) is 4.65. The third-order valence-corrected chi connectivity index (χ3v) is 5.98. The van der Waals surface area contributed by atoms with Gasteiger partial charge in [-0.2, -0.15) is 5.26 Å². The van der Waals surface area contributed by atoms with Crippen LogP contribution in [-0.4, -0.2) is 24.4 Å². The lowest BCUT2D eigenvalue weighted by Crippen LogP contribution is -2.00. The number of nitriles is 1. The van der Waals surface area contributed by atoms with Crippen LogP contribution in [0.25, 0.3) is 22.0 Å². The summed E-state index contributed by atoms with van der Waals surface area (Å²) in [7, 11) is 0. The second kappa shape index (κ2) is 8.33. The topological polar surface area (TPSA) is 80.3 Å². The van der Waals surface area contributed by atoms with E-state index in [1.54, 1.807) is 11.8 Å². The first-order valence-electron chi connectivity index (χ1n) is 8.73. The van der Waals surface area contributed by atoms with Crippen molar-refractivity contribution in [3.63, 3.8) is 0 Å². The first kappa shape index (κ1) is 18.3. The molecule has 0 radical (unpaired) electrons. The lowest BCUT2D eigenvalue weighted by atomic mass is 10.1. The van der Waals surface area contributed by atoms with Crippen molar-refractivity contribution in [1.29, 1.82) is 5.26 Å². The van der Waals surface area contributed by atoms with Crippen LogP contribution in [-0.2, 0) is 12.3 Å². The highest BCUT2D eigenvalue weighted by Gasteiger charge is 2.20. The van der Waals surface area contributed by atoms with Gasteiger partial charge in [-0.15, -0.1) is 15.3 Å². The third kappa shape index (κ3) is 3.67. The molecule has 0 saturated heterocycles. The summed E-state index contributed by atoms with van der Waals surface area (Å²) in [6.07, 6.45) is 0. The van der Waals surface area contributed by atoms with Crippen molar-refractivity contribution in [1.82, 2.24) is 24.4 Å². The number of thioether (sulfide) groups is 1. The lowest BCUT2D eigenvalue weighted by molar-refractivity contribution is 0.688. The highest BCUT2D eigenvalue weighted by molar-refractivity contribution is 7.98. The summed E-state index contributed by atoms with van der Waals surface area (Å²) in [5, 5.41) is 22.9. The van der Waals surface area contributed by atoms with E-state index in [1.165, 1.54) is 11.5 Å². The molecular formula is C20H16N6S2. The predicted molar refractivity (Wildman–Crippen MR) is 111 cm³/mol. The second-order valence-corrected chi connectivity index (χ2v) is 7.66. The van der Waals surface area contributed by atoms with Crippen molar-refractivity contribution >= 4 is 23.3 Å². The quantitative estimate of drug-likeness (QED) is 0.435. The largest absolute Gasteiger partial charge is 0.302 e. The molecule has 0 aliphatic rings. The molecule has 0 N–H and O–H groups in total. The van der Waals surface area contributed by atoms with Gasteiger partial charge in [-0.3, -0.25) is 0 Å². The zero-order valence-electron chi connectivity index (χ0n) is 15.1. The van der Waals surface area contributed by atoms with Gasteiger partial charge >= 0.3 is 0 Å². The number of rotatable bonds is 6. The molecular weight excluding hydrogens is 388 g/mol. The average Bonchev–Trinajstić information content (AvgIpc) is 3.39. The van der Waals surface area contributed by atoms with Gasteiger partial charge in [0.2, 0.25) is 0 Å². The van der Waals surface area contributed by atoms with Crippen LogP contribution < -0.4 is 0 Å². The molecule has 4 aromatic rings. The van der Waals surface area contributed by atoms with Gasteiger partial charge in [0, 0.05) is 17.9 Å². The summed E-state index contributed by atoms with van der Waals surface area (Å²) in [6.45, 7) is 2.83. The summed E-state index contributed by atoms with van der Waals surface area (Å²) in [5.41, 5.74) is 3.65. The average molecular weight is 405 g/mol. The molecule has 4 rings (SSSR count). The highest BCUT2D eigenvalue weighted by atomic mass is 32.2. The Kier molecular flexibility index (Phi) is 5.46. The number of aromatic nitrogens is 5. The number of hydrogen-bond acceptors (Lipinski definition) is 7. The van der Waals surface area contributed by atoms with Gasteiger partial charge in [-0.25, -0.2) is 0 Å². The Morgan fingerprint density at radius 2 is 1.82 bits per heavy atom. The molecule has 2 aromatic heterocycles. The van der Waals surface area contributed by atoms with Crippen LogP contribution in [0, 0.1) is 11.3 Å². The van der Waals surface area contributed by atoms with Gasteiger partial charge < -0.3 is 4.57 Å². The summed E-state index contributed by atoms with van der Waals surface area (Å²) in [6, 6.07) is 19.8. The van der Waals surface area contributed by atoms with E-state index in [4.69, 9.17) is 5.26 Å². The van der Waals surface area contributed by atoms with Gasteiger partial charge in [0.1, 0.15) is 10.6 Å². The number of hydrogen-bond donors (Lipinski definition) is 0. The maximum absolute atomic E-state index is 8.92. The van der Waals surface area contributed by atoms with Gasteiger partial charge in [0.05, 0.1) is 11.6 Å². The fourth-order valence-electron chi connectivity index (χ4n) is 2.79. The van der Waals surface area contributed by atoms with E-state index in [1.807, 2.05) is 54.6 Å². The summed E-state index contributed by atoms with van der Waals surface area (Å²) >= 11 is 2.96. The Bertz CT molecular complexity index is 1110. The lowest BCUT2D eigenvalue weighted by Gasteiger charge is -2.07. The van der Waals surface area contributed by atoms with Crippen LogP contribution >= 0.6 is 23.3 Å². The first-order chi connectivity index (χ1) is 13.8. The SMILES string of the molecule is CCn1c(SCc2ccc(C#N)cc2)nnc1-c1snnc1-c1ccccc1. The Labute approximate surface area is 171 Å². The fraction of sp³-hybridized carbons (Fsp3) is 0.150. The van der Waals surface area contributed by atoms with Crippen molar-refractivity contribution in [2.45, 2.75) is 24.4 Å². The van der Waals surface area contributed by atoms with Gasteiger partial charge in [0.15, 0.2) is 11.0 Å². The van der Waals surface area contributed by atoms with Crippen LogP contribution in [0.3, 0.4) is 0 Å². The van der Waals surface area contributed by atoms with E-state index in [-0.39, 0.29) is 0 Å². The van der Waals surface area contributed by atoms with Gasteiger partial charge in [-0.1, -0.05) is 58.7 Å². The van der Waals surface area contributed by atoms with Crippen molar-refractivity contribution in [3.05, 3.63) is 65.7 Å². The summed E-state index contributed by atoms with van der Waals surface area (Å²) in [4.78, 5) is 0.922. The molecule has 2 heterocycles. The van der Waals surface area contributed by atoms with E-state index >= 15 is 0 Å².